The Kier molecular flexibility index (Phi) is 4.04. The number of hydrogen-bond donors (Lipinski definition) is 2. The molecule has 2 unspecified atom stereocenters. The molecule has 0 spiro atoms. The third kappa shape index (κ3) is 2.85. The molecule has 7 heteroatoms. The number of thiophene rings is 1. The third-order valence-corrected chi connectivity index (χ3v) is 6.97. The van der Waals surface area contributed by atoms with Crippen molar-refractivity contribution in [2.45, 2.75) is 49.7 Å². The topological polar surface area (TPSA) is 75.6 Å². The first-order valence-electron chi connectivity index (χ1n) is 6.14. The van der Waals surface area contributed by atoms with E-state index in [1.165, 1.54) is 0 Å². The van der Waals surface area contributed by atoms with E-state index in [1.54, 1.807) is 13.0 Å². The van der Waals surface area contributed by atoms with E-state index in [1.807, 2.05) is 13.8 Å². The second-order valence-electron chi connectivity index (χ2n) is 5.12. The van der Waals surface area contributed by atoms with Gasteiger partial charge in [-0.1, -0.05) is 0 Å². The molecule has 108 valence electrons. The van der Waals surface area contributed by atoms with Crippen LogP contribution in [0.4, 0.5) is 0 Å². The summed E-state index contributed by atoms with van der Waals surface area (Å²) in [7, 11) is -3.57. The zero-order valence-corrected chi connectivity index (χ0v) is 12.9. The maximum absolute atomic E-state index is 12.4. The minimum Gasteiger partial charge on any atom is -0.391 e. The Morgan fingerprint density at radius 2 is 2.32 bits per heavy atom. The largest absolute Gasteiger partial charge is 0.391 e. The van der Waals surface area contributed by atoms with Gasteiger partial charge in [-0.3, -0.25) is 0 Å². The molecule has 2 N–H and O–H groups in total. The molecule has 0 bridgehead atoms. The van der Waals surface area contributed by atoms with Gasteiger partial charge in [0.1, 0.15) is 4.21 Å². The fraction of sp³-hybridized carbons (Fsp3) is 0.667. The van der Waals surface area contributed by atoms with Gasteiger partial charge >= 0.3 is 0 Å². The van der Waals surface area contributed by atoms with Crippen LogP contribution in [0.15, 0.2) is 10.3 Å². The Balaban J connectivity index is 2.27. The maximum Gasteiger partial charge on any atom is 0.250 e. The van der Waals surface area contributed by atoms with Crippen LogP contribution in [0.2, 0.25) is 0 Å². The van der Waals surface area contributed by atoms with Crippen molar-refractivity contribution in [1.29, 1.82) is 0 Å². The minimum atomic E-state index is -3.57. The molecule has 1 saturated heterocycles. The molecule has 0 radical (unpaired) electrons. The fourth-order valence-corrected chi connectivity index (χ4v) is 5.05. The van der Waals surface area contributed by atoms with Crippen LogP contribution in [0.5, 0.6) is 0 Å². The number of sulfonamides is 1. The first-order chi connectivity index (χ1) is 8.78. The van der Waals surface area contributed by atoms with Gasteiger partial charge in [-0.25, -0.2) is 13.1 Å². The number of hydrogen-bond acceptors (Lipinski definition) is 5. The first-order valence-corrected chi connectivity index (χ1v) is 8.44. The van der Waals surface area contributed by atoms with Crippen LogP contribution >= 0.6 is 11.3 Å². The highest BCUT2D eigenvalue weighted by molar-refractivity contribution is 7.91. The third-order valence-electron chi connectivity index (χ3n) is 3.66. The van der Waals surface area contributed by atoms with Crippen molar-refractivity contribution in [3.8, 4) is 0 Å². The Labute approximate surface area is 117 Å². The Morgan fingerprint density at radius 1 is 1.63 bits per heavy atom. The summed E-state index contributed by atoms with van der Waals surface area (Å²) in [5.74, 6) is 0. The SMILES string of the molecule is Cc1cc(S(=O)(=O)NC2(C)CCOC2C)sc1CO. The monoisotopic (exact) mass is 305 g/mol. The Morgan fingerprint density at radius 3 is 2.79 bits per heavy atom. The van der Waals surface area contributed by atoms with Gasteiger partial charge in [0.25, 0.3) is 10.0 Å². The van der Waals surface area contributed by atoms with Crippen molar-refractivity contribution < 1.29 is 18.3 Å². The van der Waals surface area contributed by atoms with E-state index in [2.05, 4.69) is 4.72 Å². The predicted molar refractivity (Wildman–Crippen MR) is 73.7 cm³/mol. The lowest BCUT2D eigenvalue weighted by molar-refractivity contribution is 0.0957. The van der Waals surface area contributed by atoms with Crippen LogP contribution in [-0.4, -0.2) is 31.8 Å². The van der Waals surface area contributed by atoms with Crippen LogP contribution in [0, 0.1) is 6.92 Å². The lowest BCUT2D eigenvalue weighted by Gasteiger charge is -2.28. The minimum absolute atomic E-state index is 0.136. The molecular formula is C12H19NO4S2. The number of aliphatic hydroxyl groups excluding tert-OH is 1. The van der Waals surface area contributed by atoms with E-state index in [-0.39, 0.29) is 16.9 Å². The van der Waals surface area contributed by atoms with E-state index >= 15 is 0 Å². The maximum atomic E-state index is 12.4. The predicted octanol–water partition coefficient (Wildman–Crippen LogP) is 1.39. The van der Waals surface area contributed by atoms with Crippen molar-refractivity contribution in [2.24, 2.45) is 0 Å². The van der Waals surface area contributed by atoms with Crippen molar-refractivity contribution >= 4 is 21.4 Å². The molecule has 1 fully saturated rings. The van der Waals surface area contributed by atoms with Crippen molar-refractivity contribution in [3.05, 3.63) is 16.5 Å². The van der Waals surface area contributed by atoms with Crippen LogP contribution in [-0.2, 0) is 21.4 Å². The highest BCUT2D eigenvalue weighted by Crippen LogP contribution is 2.30. The molecule has 2 rings (SSSR count). The van der Waals surface area contributed by atoms with E-state index in [9.17, 15) is 8.42 Å². The molecule has 19 heavy (non-hydrogen) atoms. The van der Waals surface area contributed by atoms with Crippen molar-refractivity contribution in [2.75, 3.05) is 6.61 Å². The normalized spacial score (nSPS) is 27.9. The Bertz CT molecular complexity index is 566. The number of aryl methyl sites for hydroxylation is 1. The zero-order valence-electron chi connectivity index (χ0n) is 11.3. The molecule has 1 aliphatic rings. The van der Waals surface area contributed by atoms with E-state index in [4.69, 9.17) is 9.84 Å². The standard InChI is InChI=1S/C12H19NO4S2/c1-8-6-11(18-10(8)7-14)19(15,16)13-12(3)4-5-17-9(12)2/h6,9,13-14H,4-5,7H2,1-3H3. The average molecular weight is 305 g/mol. The van der Waals surface area contributed by atoms with Crippen molar-refractivity contribution in [1.82, 2.24) is 4.72 Å². The van der Waals surface area contributed by atoms with Gasteiger partial charge in [0.15, 0.2) is 0 Å². The summed E-state index contributed by atoms with van der Waals surface area (Å²) in [5.41, 5.74) is 0.226. The number of aliphatic hydroxyl groups is 1. The van der Waals surface area contributed by atoms with Crippen LogP contribution in [0.3, 0.4) is 0 Å². The summed E-state index contributed by atoms with van der Waals surface area (Å²) in [6, 6.07) is 1.60. The molecule has 1 aromatic rings. The smallest absolute Gasteiger partial charge is 0.250 e. The van der Waals surface area contributed by atoms with Crippen LogP contribution < -0.4 is 4.72 Å². The van der Waals surface area contributed by atoms with Gasteiger partial charge in [-0.15, -0.1) is 11.3 Å². The summed E-state index contributed by atoms with van der Waals surface area (Å²) in [6.45, 7) is 5.95. The summed E-state index contributed by atoms with van der Waals surface area (Å²) in [5, 5.41) is 9.15. The highest BCUT2D eigenvalue weighted by Gasteiger charge is 2.41. The molecule has 5 nitrogen and oxygen atoms in total. The fourth-order valence-electron chi connectivity index (χ4n) is 2.10. The number of nitrogens with one attached hydrogen (secondary N) is 1. The van der Waals surface area contributed by atoms with Gasteiger partial charge in [0.2, 0.25) is 0 Å². The van der Waals surface area contributed by atoms with E-state index < -0.39 is 15.6 Å². The lowest BCUT2D eigenvalue weighted by Crippen LogP contribution is -2.50. The molecular weight excluding hydrogens is 286 g/mol. The molecule has 2 heterocycles. The molecule has 2 atom stereocenters. The molecule has 0 amide bonds. The Hall–Kier alpha value is -0.470. The molecule has 0 aromatic carbocycles. The lowest BCUT2D eigenvalue weighted by atomic mass is 9.97. The summed E-state index contributed by atoms with van der Waals surface area (Å²) >= 11 is 1.11. The van der Waals surface area contributed by atoms with Crippen LogP contribution in [0.25, 0.3) is 0 Å². The highest BCUT2D eigenvalue weighted by atomic mass is 32.2. The van der Waals surface area contributed by atoms with Gasteiger partial charge in [-0.05, 0) is 38.8 Å². The average Bonchev–Trinajstić information content (AvgIpc) is 2.83. The van der Waals surface area contributed by atoms with Gasteiger partial charge in [0.05, 0.1) is 18.2 Å². The van der Waals surface area contributed by atoms with Crippen LogP contribution in [0.1, 0.15) is 30.7 Å². The number of rotatable bonds is 4. The quantitative estimate of drug-likeness (QED) is 0.881. The van der Waals surface area contributed by atoms with E-state index in [0.29, 0.717) is 17.9 Å². The zero-order chi connectivity index (χ0) is 14.3. The van der Waals surface area contributed by atoms with Gasteiger partial charge in [-0.2, -0.15) is 0 Å². The van der Waals surface area contributed by atoms with E-state index in [0.717, 1.165) is 16.9 Å². The van der Waals surface area contributed by atoms with Gasteiger partial charge in [0, 0.05) is 11.5 Å². The van der Waals surface area contributed by atoms with Crippen molar-refractivity contribution in [3.63, 3.8) is 0 Å². The second-order valence-corrected chi connectivity index (χ2v) is 8.16. The molecule has 0 aliphatic carbocycles. The molecule has 0 saturated carbocycles. The van der Waals surface area contributed by atoms with Gasteiger partial charge < -0.3 is 9.84 Å². The summed E-state index contributed by atoms with van der Waals surface area (Å²) < 4.78 is 33.2. The number of ether oxygens (including phenoxy) is 1. The summed E-state index contributed by atoms with van der Waals surface area (Å²) in [4.78, 5) is 0.682. The molecule has 1 aliphatic heterocycles. The first kappa shape index (κ1) is 14.9. The summed E-state index contributed by atoms with van der Waals surface area (Å²) in [6.07, 6.45) is 0.505. The molecule has 1 aromatic heterocycles. The second kappa shape index (κ2) is 5.14.